The predicted molar refractivity (Wildman–Crippen MR) is 150 cm³/mol. The van der Waals surface area contributed by atoms with Gasteiger partial charge in [0, 0.05) is 18.1 Å². The van der Waals surface area contributed by atoms with Gasteiger partial charge in [0.25, 0.3) is 5.91 Å². The molecule has 0 aliphatic rings. The zero-order chi connectivity index (χ0) is 27.6. The maximum absolute atomic E-state index is 13.6. The van der Waals surface area contributed by atoms with Crippen LogP contribution in [0.1, 0.15) is 44.4 Å². The molecule has 0 saturated heterocycles. The second kappa shape index (κ2) is 11.0. The second-order valence-corrected chi connectivity index (χ2v) is 12.0. The number of imidazole rings is 1. The number of benzene rings is 2. The highest BCUT2D eigenvalue weighted by molar-refractivity contribution is 7.89. The van der Waals surface area contributed by atoms with Crippen molar-refractivity contribution in [2.75, 3.05) is 0 Å². The van der Waals surface area contributed by atoms with Crippen molar-refractivity contribution in [3.8, 4) is 0 Å². The van der Waals surface area contributed by atoms with Crippen molar-refractivity contribution in [1.29, 1.82) is 0 Å². The highest BCUT2D eigenvalue weighted by atomic mass is 32.2. The number of hydrazone groups is 1. The second-order valence-electron chi connectivity index (χ2n) is 9.18. The van der Waals surface area contributed by atoms with E-state index in [0.717, 1.165) is 21.7 Å². The summed E-state index contributed by atoms with van der Waals surface area (Å²) in [6, 6.07) is 17.9. The Morgan fingerprint density at radius 3 is 2.44 bits per heavy atom. The SMILES string of the molecule is Cc1ccc(CN(Cc2ccc(C=NNC(=O)c3c(C)nc4sccn34)o2)S(=O)(=O)c2ccc(C)cc2)cc1. The summed E-state index contributed by atoms with van der Waals surface area (Å²) in [6.07, 6.45) is 3.16. The number of furan rings is 1. The van der Waals surface area contributed by atoms with Gasteiger partial charge in [0.1, 0.15) is 17.2 Å². The van der Waals surface area contributed by atoms with Gasteiger partial charge < -0.3 is 4.42 Å². The maximum Gasteiger partial charge on any atom is 0.290 e. The number of nitrogens with zero attached hydrogens (tertiary/aromatic N) is 4. The van der Waals surface area contributed by atoms with E-state index in [9.17, 15) is 13.2 Å². The fraction of sp³-hybridized carbons (Fsp3) is 0.179. The van der Waals surface area contributed by atoms with E-state index in [0.29, 0.717) is 22.9 Å². The molecule has 200 valence electrons. The van der Waals surface area contributed by atoms with E-state index in [1.807, 2.05) is 43.5 Å². The number of thiazole rings is 1. The molecule has 9 nitrogen and oxygen atoms in total. The predicted octanol–water partition coefficient (Wildman–Crippen LogP) is 5.07. The van der Waals surface area contributed by atoms with Crippen molar-refractivity contribution < 1.29 is 17.6 Å². The van der Waals surface area contributed by atoms with E-state index in [1.165, 1.54) is 21.9 Å². The molecule has 0 atom stereocenters. The minimum Gasteiger partial charge on any atom is -0.459 e. The normalized spacial score (nSPS) is 12.1. The molecule has 11 heteroatoms. The number of aromatic nitrogens is 2. The number of carbonyl (C=O) groups is 1. The van der Waals surface area contributed by atoms with Crippen molar-refractivity contribution in [1.82, 2.24) is 19.1 Å². The average Bonchev–Trinajstić information content (AvgIpc) is 3.61. The Morgan fingerprint density at radius 1 is 1.03 bits per heavy atom. The molecule has 1 N–H and O–H groups in total. The Kier molecular flexibility index (Phi) is 7.47. The molecular formula is C28H27N5O4S2. The van der Waals surface area contributed by atoms with Gasteiger partial charge in [-0.25, -0.2) is 18.8 Å². The van der Waals surface area contributed by atoms with Crippen LogP contribution in [-0.4, -0.2) is 34.2 Å². The molecule has 0 spiro atoms. The van der Waals surface area contributed by atoms with Crippen LogP contribution in [0.15, 0.2) is 86.7 Å². The molecule has 0 unspecified atom stereocenters. The third-order valence-electron chi connectivity index (χ3n) is 6.16. The molecule has 3 heterocycles. The van der Waals surface area contributed by atoms with Gasteiger partial charge in [-0.1, -0.05) is 47.5 Å². The van der Waals surface area contributed by atoms with E-state index in [-0.39, 0.29) is 18.0 Å². The molecule has 0 radical (unpaired) electrons. The van der Waals surface area contributed by atoms with Gasteiger partial charge in [-0.05, 0) is 50.6 Å². The highest BCUT2D eigenvalue weighted by Crippen LogP contribution is 2.23. The standard InChI is InChI=1S/C28H27N5O4S2/c1-19-4-8-22(9-5-19)17-32(39(35,36)25-12-6-20(2)7-13-25)18-24-11-10-23(37-24)16-29-31-27(34)26-21(3)30-28-33(26)14-15-38-28/h4-16H,17-18H2,1-3H3,(H,31,34). The number of rotatable bonds is 9. The van der Waals surface area contributed by atoms with Crippen LogP contribution in [0.2, 0.25) is 0 Å². The Balaban J connectivity index is 1.32. The number of sulfonamides is 1. The lowest BCUT2D eigenvalue weighted by Gasteiger charge is -2.21. The minimum atomic E-state index is -3.81. The van der Waals surface area contributed by atoms with Crippen LogP contribution >= 0.6 is 11.3 Å². The molecule has 1 amide bonds. The van der Waals surface area contributed by atoms with Crippen LogP contribution in [-0.2, 0) is 23.1 Å². The number of aryl methyl sites for hydroxylation is 3. The molecule has 2 aromatic carbocycles. The smallest absolute Gasteiger partial charge is 0.290 e. The number of hydrogen-bond acceptors (Lipinski definition) is 7. The lowest BCUT2D eigenvalue weighted by atomic mass is 10.1. The van der Waals surface area contributed by atoms with Crippen LogP contribution in [0, 0.1) is 20.8 Å². The van der Waals surface area contributed by atoms with Gasteiger partial charge in [-0.2, -0.15) is 9.41 Å². The molecular weight excluding hydrogens is 534 g/mol. The third-order valence-corrected chi connectivity index (χ3v) is 8.72. The van der Waals surface area contributed by atoms with E-state index >= 15 is 0 Å². The van der Waals surface area contributed by atoms with Crippen molar-refractivity contribution in [2.24, 2.45) is 5.10 Å². The summed E-state index contributed by atoms with van der Waals surface area (Å²) >= 11 is 1.44. The van der Waals surface area contributed by atoms with Crippen LogP contribution < -0.4 is 5.43 Å². The zero-order valence-corrected chi connectivity index (χ0v) is 23.3. The van der Waals surface area contributed by atoms with Crippen LogP contribution in [0.3, 0.4) is 0 Å². The lowest BCUT2D eigenvalue weighted by molar-refractivity contribution is 0.0948. The molecule has 0 fully saturated rings. The molecule has 39 heavy (non-hydrogen) atoms. The fourth-order valence-electron chi connectivity index (χ4n) is 4.08. The monoisotopic (exact) mass is 561 g/mol. The maximum atomic E-state index is 13.6. The topological polar surface area (TPSA) is 109 Å². The van der Waals surface area contributed by atoms with Gasteiger partial charge in [0.15, 0.2) is 4.96 Å². The number of hydrogen-bond donors (Lipinski definition) is 1. The van der Waals surface area contributed by atoms with Crippen LogP contribution in [0.5, 0.6) is 0 Å². The molecule has 0 saturated carbocycles. The largest absolute Gasteiger partial charge is 0.459 e. The minimum absolute atomic E-state index is 0.0233. The van der Waals surface area contributed by atoms with Gasteiger partial charge in [-0.15, -0.1) is 11.3 Å². The first-order valence-electron chi connectivity index (χ1n) is 12.2. The first-order chi connectivity index (χ1) is 18.7. The molecule has 0 aliphatic carbocycles. The summed E-state index contributed by atoms with van der Waals surface area (Å²) in [5.74, 6) is 0.422. The number of nitrogens with one attached hydrogen (secondary N) is 1. The van der Waals surface area contributed by atoms with Crippen molar-refractivity contribution in [3.63, 3.8) is 0 Å². The Bertz CT molecular complexity index is 1750. The highest BCUT2D eigenvalue weighted by Gasteiger charge is 2.26. The summed E-state index contributed by atoms with van der Waals surface area (Å²) < 4.78 is 36.1. The quantitative estimate of drug-likeness (QED) is 0.200. The van der Waals surface area contributed by atoms with Crippen LogP contribution in [0.25, 0.3) is 4.96 Å². The van der Waals surface area contributed by atoms with E-state index < -0.39 is 15.9 Å². The van der Waals surface area contributed by atoms with Crippen molar-refractivity contribution in [3.05, 3.63) is 112 Å². The third kappa shape index (κ3) is 5.85. The summed E-state index contributed by atoms with van der Waals surface area (Å²) in [4.78, 5) is 18.0. The number of amides is 1. The van der Waals surface area contributed by atoms with Crippen molar-refractivity contribution in [2.45, 2.75) is 38.8 Å². The van der Waals surface area contributed by atoms with E-state index in [4.69, 9.17) is 4.42 Å². The molecule has 0 bridgehead atoms. The van der Waals surface area contributed by atoms with E-state index in [2.05, 4.69) is 15.5 Å². The lowest BCUT2D eigenvalue weighted by Crippen LogP contribution is -2.30. The first kappa shape index (κ1) is 26.5. The summed E-state index contributed by atoms with van der Waals surface area (Å²) in [5, 5.41) is 5.87. The van der Waals surface area contributed by atoms with Gasteiger partial charge >= 0.3 is 0 Å². The van der Waals surface area contributed by atoms with Crippen LogP contribution in [0.4, 0.5) is 0 Å². The van der Waals surface area contributed by atoms with Gasteiger partial charge in [0.2, 0.25) is 10.0 Å². The average molecular weight is 562 g/mol. The molecule has 3 aromatic heterocycles. The van der Waals surface area contributed by atoms with Gasteiger partial charge in [0.05, 0.1) is 23.3 Å². The number of fused-ring (bicyclic) bond motifs is 1. The van der Waals surface area contributed by atoms with Crippen molar-refractivity contribution >= 4 is 38.4 Å². The first-order valence-corrected chi connectivity index (χ1v) is 14.5. The Hall–Kier alpha value is -4.06. The van der Waals surface area contributed by atoms with E-state index in [1.54, 1.807) is 53.9 Å². The molecule has 0 aliphatic heterocycles. The fourth-order valence-corrected chi connectivity index (χ4v) is 6.23. The molecule has 5 rings (SSSR count). The summed E-state index contributed by atoms with van der Waals surface area (Å²) in [7, 11) is -3.81. The molecule has 5 aromatic rings. The number of carbonyl (C=O) groups excluding carboxylic acids is 1. The summed E-state index contributed by atoms with van der Waals surface area (Å²) in [6.45, 7) is 5.87. The van der Waals surface area contributed by atoms with Gasteiger partial charge in [-0.3, -0.25) is 9.20 Å². The Morgan fingerprint density at radius 2 is 1.72 bits per heavy atom. The summed E-state index contributed by atoms with van der Waals surface area (Å²) in [5.41, 5.74) is 6.46. The zero-order valence-electron chi connectivity index (χ0n) is 21.7. The Labute approximate surface area is 230 Å².